The van der Waals surface area contributed by atoms with Gasteiger partial charge in [-0.3, -0.25) is 4.98 Å². The van der Waals surface area contributed by atoms with Crippen LogP contribution in [0.25, 0.3) is 10.9 Å². The maximum absolute atomic E-state index is 12.4. The summed E-state index contributed by atoms with van der Waals surface area (Å²) >= 11 is 3.48. The van der Waals surface area contributed by atoms with Crippen molar-refractivity contribution in [2.24, 2.45) is 5.92 Å². The van der Waals surface area contributed by atoms with Gasteiger partial charge in [0.05, 0.1) is 11.4 Å². The summed E-state index contributed by atoms with van der Waals surface area (Å²) in [5, 5.41) is 4.21. The number of nitrogens with zero attached hydrogens (tertiary/aromatic N) is 1. The Morgan fingerprint density at radius 3 is 2.71 bits per heavy atom. The van der Waals surface area contributed by atoms with Crippen molar-refractivity contribution < 1.29 is 13.2 Å². The van der Waals surface area contributed by atoms with E-state index in [1.54, 1.807) is 6.20 Å². The zero-order valence-electron chi connectivity index (χ0n) is 11.1. The van der Waals surface area contributed by atoms with Gasteiger partial charge in [0.2, 0.25) is 0 Å². The molecule has 0 unspecified atom stereocenters. The van der Waals surface area contributed by atoms with Crippen molar-refractivity contribution in [3.63, 3.8) is 0 Å². The number of fused-ring (bicyclic) bond motifs is 1. The lowest BCUT2D eigenvalue weighted by Crippen LogP contribution is -2.46. The van der Waals surface area contributed by atoms with E-state index in [-0.39, 0.29) is 18.9 Å². The Morgan fingerprint density at radius 1 is 1.24 bits per heavy atom. The van der Waals surface area contributed by atoms with Crippen LogP contribution in [0.4, 0.5) is 13.2 Å². The molecule has 0 bridgehead atoms. The topological polar surface area (TPSA) is 24.9 Å². The molecule has 1 fully saturated rings. The summed E-state index contributed by atoms with van der Waals surface area (Å²) in [6, 6.07) is 7.68. The fraction of sp³-hybridized carbons (Fsp3) is 0.400. The van der Waals surface area contributed by atoms with E-state index >= 15 is 0 Å². The zero-order valence-corrected chi connectivity index (χ0v) is 12.7. The molecule has 0 aliphatic heterocycles. The highest BCUT2D eigenvalue weighted by atomic mass is 79.9. The van der Waals surface area contributed by atoms with Gasteiger partial charge in [-0.15, -0.1) is 0 Å². The highest BCUT2D eigenvalue weighted by molar-refractivity contribution is 9.10. The average molecular weight is 359 g/mol. The first-order valence-electron chi connectivity index (χ1n) is 6.77. The van der Waals surface area contributed by atoms with Crippen molar-refractivity contribution in [2.45, 2.75) is 31.6 Å². The average Bonchev–Trinajstić information content (AvgIpc) is 2.38. The molecule has 1 saturated carbocycles. The Labute approximate surface area is 128 Å². The van der Waals surface area contributed by atoms with Crippen LogP contribution in [-0.4, -0.2) is 17.2 Å². The third kappa shape index (κ3) is 3.06. The number of pyridine rings is 1. The molecular weight excluding hydrogens is 345 g/mol. The van der Waals surface area contributed by atoms with Gasteiger partial charge in [0.1, 0.15) is 0 Å². The predicted octanol–water partition coefficient (Wildman–Crippen LogP) is 4.43. The molecule has 1 aromatic carbocycles. The molecule has 112 valence electrons. The van der Waals surface area contributed by atoms with E-state index in [0.29, 0.717) is 6.54 Å². The zero-order chi connectivity index (χ0) is 15.0. The van der Waals surface area contributed by atoms with Crippen molar-refractivity contribution in [3.8, 4) is 0 Å². The monoisotopic (exact) mass is 358 g/mol. The molecule has 21 heavy (non-hydrogen) atoms. The minimum Gasteiger partial charge on any atom is -0.310 e. The fourth-order valence-corrected chi connectivity index (χ4v) is 3.10. The molecule has 0 radical (unpaired) electrons. The summed E-state index contributed by atoms with van der Waals surface area (Å²) in [4.78, 5) is 4.37. The van der Waals surface area contributed by atoms with Crippen LogP contribution in [0.15, 0.2) is 34.9 Å². The number of benzene rings is 1. The summed E-state index contributed by atoms with van der Waals surface area (Å²) in [5.74, 6) is -1.14. The predicted molar refractivity (Wildman–Crippen MR) is 78.8 cm³/mol. The standard InChI is InChI=1S/C15H14BrF3N2/c16-13-4-3-9(14-12(13)2-1-5-20-14)8-21-11-6-10(7-11)15(17,18)19/h1-5,10-11,21H,6-8H2. The lowest BCUT2D eigenvalue weighted by Gasteiger charge is -2.37. The van der Waals surface area contributed by atoms with E-state index in [0.717, 1.165) is 20.9 Å². The van der Waals surface area contributed by atoms with Crippen LogP contribution < -0.4 is 5.32 Å². The Balaban J connectivity index is 1.66. The normalized spacial score (nSPS) is 22.3. The smallest absolute Gasteiger partial charge is 0.310 e. The van der Waals surface area contributed by atoms with E-state index in [1.807, 2.05) is 24.3 Å². The van der Waals surface area contributed by atoms with E-state index < -0.39 is 12.1 Å². The van der Waals surface area contributed by atoms with Crippen LogP contribution in [-0.2, 0) is 6.54 Å². The van der Waals surface area contributed by atoms with E-state index in [1.165, 1.54) is 0 Å². The first-order valence-corrected chi connectivity index (χ1v) is 7.56. The lowest BCUT2D eigenvalue weighted by atomic mass is 9.79. The van der Waals surface area contributed by atoms with Crippen molar-refractivity contribution >= 4 is 26.8 Å². The highest BCUT2D eigenvalue weighted by Crippen LogP contribution is 2.41. The minimum atomic E-state index is -4.05. The lowest BCUT2D eigenvalue weighted by molar-refractivity contribution is -0.199. The Bertz CT molecular complexity index is 651. The minimum absolute atomic E-state index is 0.0564. The molecule has 1 aliphatic rings. The van der Waals surface area contributed by atoms with Gasteiger partial charge in [0, 0.05) is 28.6 Å². The molecule has 3 rings (SSSR count). The quantitative estimate of drug-likeness (QED) is 0.877. The fourth-order valence-electron chi connectivity index (χ4n) is 2.65. The molecular formula is C15H14BrF3N2. The molecule has 0 amide bonds. The van der Waals surface area contributed by atoms with E-state index in [2.05, 4.69) is 26.2 Å². The van der Waals surface area contributed by atoms with E-state index in [9.17, 15) is 13.2 Å². The van der Waals surface area contributed by atoms with Crippen LogP contribution in [0.2, 0.25) is 0 Å². The van der Waals surface area contributed by atoms with Gasteiger partial charge in [0.15, 0.2) is 0 Å². The number of hydrogen-bond donors (Lipinski definition) is 1. The number of rotatable bonds is 3. The second-order valence-corrected chi connectivity index (χ2v) is 6.25. The molecule has 2 nitrogen and oxygen atoms in total. The van der Waals surface area contributed by atoms with Gasteiger partial charge in [-0.2, -0.15) is 13.2 Å². The van der Waals surface area contributed by atoms with Crippen LogP contribution in [0.5, 0.6) is 0 Å². The summed E-state index contributed by atoms with van der Waals surface area (Å²) < 4.78 is 38.3. The Kier molecular flexibility index (Phi) is 3.92. The summed E-state index contributed by atoms with van der Waals surface area (Å²) in [6.07, 6.45) is -1.98. The van der Waals surface area contributed by atoms with Gasteiger partial charge in [0.25, 0.3) is 0 Å². The molecule has 1 aliphatic carbocycles. The third-order valence-corrected chi connectivity index (χ3v) is 4.67. The molecule has 2 aromatic rings. The van der Waals surface area contributed by atoms with Crippen molar-refractivity contribution in [3.05, 3.63) is 40.5 Å². The molecule has 6 heteroatoms. The molecule has 1 aromatic heterocycles. The number of aromatic nitrogens is 1. The second-order valence-electron chi connectivity index (χ2n) is 5.39. The SMILES string of the molecule is FC(F)(F)C1CC(NCc2ccc(Br)c3cccnc23)C1. The van der Waals surface area contributed by atoms with Gasteiger partial charge in [-0.05, 0) is 30.5 Å². The highest BCUT2D eigenvalue weighted by Gasteiger charge is 2.47. The number of hydrogen-bond acceptors (Lipinski definition) is 2. The molecule has 1 heterocycles. The summed E-state index contributed by atoms with van der Waals surface area (Å²) in [5.41, 5.74) is 1.88. The largest absolute Gasteiger partial charge is 0.391 e. The van der Waals surface area contributed by atoms with Crippen LogP contribution in [0, 0.1) is 5.92 Å². The number of halogens is 4. The third-order valence-electron chi connectivity index (χ3n) is 3.98. The van der Waals surface area contributed by atoms with Crippen LogP contribution >= 0.6 is 15.9 Å². The van der Waals surface area contributed by atoms with Crippen LogP contribution in [0.3, 0.4) is 0 Å². The number of alkyl halides is 3. The van der Waals surface area contributed by atoms with Crippen molar-refractivity contribution in [1.29, 1.82) is 0 Å². The maximum Gasteiger partial charge on any atom is 0.391 e. The Hall–Kier alpha value is -1.14. The van der Waals surface area contributed by atoms with Crippen molar-refractivity contribution in [1.82, 2.24) is 10.3 Å². The van der Waals surface area contributed by atoms with Gasteiger partial charge >= 0.3 is 6.18 Å². The Morgan fingerprint density at radius 2 is 2.00 bits per heavy atom. The van der Waals surface area contributed by atoms with Gasteiger partial charge < -0.3 is 5.32 Å². The maximum atomic E-state index is 12.4. The molecule has 0 atom stereocenters. The van der Waals surface area contributed by atoms with Crippen LogP contribution in [0.1, 0.15) is 18.4 Å². The second kappa shape index (κ2) is 5.57. The molecule has 1 N–H and O–H groups in total. The van der Waals surface area contributed by atoms with Crippen molar-refractivity contribution in [2.75, 3.05) is 0 Å². The first-order chi connectivity index (χ1) is 9.95. The molecule has 0 saturated heterocycles. The number of nitrogens with one attached hydrogen (secondary N) is 1. The first kappa shape index (κ1) is 14.8. The summed E-state index contributed by atoms with van der Waals surface area (Å²) in [6.45, 7) is 0.538. The van der Waals surface area contributed by atoms with E-state index in [4.69, 9.17) is 0 Å². The molecule has 0 spiro atoms. The summed E-state index contributed by atoms with van der Waals surface area (Å²) in [7, 11) is 0. The van der Waals surface area contributed by atoms with Gasteiger partial charge in [-0.25, -0.2) is 0 Å². The van der Waals surface area contributed by atoms with Gasteiger partial charge in [-0.1, -0.05) is 28.1 Å².